The minimum Gasteiger partial charge on any atom is -0.362 e. The van der Waals surface area contributed by atoms with Crippen molar-refractivity contribution in [3.05, 3.63) is 23.3 Å². The van der Waals surface area contributed by atoms with Gasteiger partial charge in [-0.25, -0.2) is 0 Å². The molecule has 2 nitrogen and oxygen atoms in total. The van der Waals surface area contributed by atoms with E-state index in [1.807, 2.05) is 0 Å². The molecule has 2 heteroatoms. The van der Waals surface area contributed by atoms with Crippen LogP contribution in [-0.4, -0.2) is 16.0 Å². The molecule has 4 aliphatic carbocycles. The highest BCUT2D eigenvalue weighted by Gasteiger charge is 2.52. The summed E-state index contributed by atoms with van der Waals surface area (Å²) < 4.78 is 0. The zero-order valence-corrected chi connectivity index (χ0v) is 13.4. The second kappa shape index (κ2) is 4.23. The third-order valence-electron chi connectivity index (χ3n) is 7.34. The van der Waals surface area contributed by atoms with E-state index in [4.69, 9.17) is 0 Å². The van der Waals surface area contributed by atoms with Gasteiger partial charge in [0.05, 0.1) is 0 Å². The van der Waals surface area contributed by atoms with Crippen LogP contribution in [0.3, 0.4) is 0 Å². The fourth-order valence-electron chi connectivity index (χ4n) is 6.01. The summed E-state index contributed by atoms with van der Waals surface area (Å²) in [5, 5.41) is 19.9. The Morgan fingerprint density at radius 3 is 2.67 bits per heavy atom. The van der Waals surface area contributed by atoms with Crippen molar-refractivity contribution in [2.75, 3.05) is 0 Å². The normalized spacial score (nSPS) is 47.8. The van der Waals surface area contributed by atoms with E-state index in [-0.39, 0.29) is 5.41 Å². The van der Waals surface area contributed by atoms with Crippen LogP contribution in [0.1, 0.15) is 65.2 Å². The molecule has 0 amide bonds. The van der Waals surface area contributed by atoms with Crippen molar-refractivity contribution in [3.8, 4) is 0 Å². The highest BCUT2D eigenvalue weighted by atomic mass is 16.5. The molecule has 4 aliphatic rings. The van der Waals surface area contributed by atoms with Crippen molar-refractivity contribution >= 4 is 0 Å². The van der Waals surface area contributed by atoms with Crippen LogP contribution in [0.2, 0.25) is 0 Å². The van der Waals surface area contributed by atoms with Crippen LogP contribution in [0.4, 0.5) is 0 Å². The molecule has 0 aliphatic heterocycles. The van der Waals surface area contributed by atoms with Gasteiger partial charge in [0.2, 0.25) is 0 Å². The van der Waals surface area contributed by atoms with Crippen LogP contribution in [0.5, 0.6) is 0 Å². The third kappa shape index (κ3) is 1.91. The van der Waals surface area contributed by atoms with Gasteiger partial charge in [-0.15, -0.1) is 0 Å². The van der Waals surface area contributed by atoms with Crippen LogP contribution < -0.4 is 0 Å². The average Bonchev–Trinajstić information content (AvgIpc) is 2.81. The smallest absolute Gasteiger partial charge is 0.182 e. The number of fused-ring (bicyclic) bond motifs is 4. The van der Waals surface area contributed by atoms with Crippen LogP contribution in [0.15, 0.2) is 23.3 Å². The lowest BCUT2D eigenvalue weighted by Gasteiger charge is -2.52. The van der Waals surface area contributed by atoms with E-state index in [0.717, 1.165) is 12.3 Å². The maximum absolute atomic E-state index is 9.97. The van der Waals surface area contributed by atoms with Gasteiger partial charge in [0, 0.05) is 11.8 Å². The molecule has 1 fully saturated rings. The lowest BCUT2D eigenvalue weighted by atomic mass is 9.53. The van der Waals surface area contributed by atoms with Gasteiger partial charge < -0.3 is 10.2 Å². The van der Waals surface area contributed by atoms with Crippen LogP contribution in [0.25, 0.3) is 0 Å². The van der Waals surface area contributed by atoms with Gasteiger partial charge in [-0.1, -0.05) is 37.5 Å². The number of allylic oxidation sites excluding steroid dienone is 3. The first-order valence-electron chi connectivity index (χ1n) is 8.72. The van der Waals surface area contributed by atoms with Crippen LogP contribution in [0, 0.1) is 22.7 Å². The Labute approximate surface area is 127 Å². The number of rotatable bonds is 0. The number of hydrogen-bond donors (Lipinski definition) is 2. The van der Waals surface area contributed by atoms with Crippen molar-refractivity contribution in [1.82, 2.24) is 0 Å². The second-order valence-electron chi connectivity index (χ2n) is 8.54. The Morgan fingerprint density at radius 2 is 1.86 bits per heavy atom. The lowest BCUT2D eigenvalue weighted by Crippen LogP contribution is -2.45. The fourth-order valence-corrected chi connectivity index (χ4v) is 6.01. The monoisotopic (exact) mass is 288 g/mol. The molecule has 0 radical (unpaired) electrons. The number of aliphatic hydroxyl groups is 2. The maximum Gasteiger partial charge on any atom is 0.182 e. The molecule has 0 unspecified atom stereocenters. The van der Waals surface area contributed by atoms with Crippen LogP contribution in [-0.2, 0) is 0 Å². The van der Waals surface area contributed by atoms with E-state index in [9.17, 15) is 10.2 Å². The first kappa shape index (κ1) is 14.0. The maximum atomic E-state index is 9.97. The van der Waals surface area contributed by atoms with Crippen LogP contribution >= 0.6 is 0 Å². The largest absolute Gasteiger partial charge is 0.362 e. The lowest BCUT2D eigenvalue weighted by molar-refractivity contribution is -0.146. The summed E-state index contributed by atoms with van der Waals surface area (Å²) in [6.07, 6.45) is 13.3. The fraction of sp³-hybridized carbons (Fsp3) is 0.789. The standard InChI is InChI=1S/C19H28O2/c1-17-8-3-4-15(17)14-6-5-13-12-19(20,21)11-10-18(13,2)16(14)7-9-17/h10-11,13,15,20-21H,3-9,12H2,1-2H3/t13-,15+,17+,18+/m1/s1. The van der Waals surface area contributed by atoms with Gasteiger partial charge >= 0.3 is 0 Å². The topological polar surface area (TPSA) is 40.5 Å². The van der Waals surface area contributed by atoms with E-state index in [0.29, 0.717) is 17.8 Å². The Morgan fingerprint density at radius 1 is 1.05 bits per heavy atom. The molecular weight excluding hydrogens is 260 g/mol. The predicted molar refractivity (Wildman–Crippen MR) is 83.5 cm³/mol. The first-order chi connectivity index (χ1) is 9.84. The molecule has 0 aromatic heterocycles. The van der Waals surface area contributed by atoms with Crippen molar-refractivity contribution in [3.63, 3.8) is 0 Å². The van der Waals surface area contributed by atoms with Crippen molar-refractivity contribution in [1.29, 1.82) is 0 Å². The summed E-state index contributed by atoms with van der Waals surface area (Å²) in [5.74, 6) is -0.386. The van der Waals surface area contributed by atoms with Gasteiger partial charge in [-0.05, 0) is 61.9 Å². The highest BCUT2D eigenvalue weighted by molar-refractivity contribution is 5.38. The van der Waals surface area contributed by atoms with Gasteiger partial charge in [0.15, 0.2) is 5.79 Å². The molecule has 0 heterocycles. The van der Waals surface area contributed by atoms with Gasteiger partial charge in [-0.2, -0.15) is 0 Å². The summed E-state index contributed by atoms with van der Waals surface area (Å²) in [6, 6.07) is 0. The molecule has 0 spiro atoms. The second-order valence-corrected chi connectivity index (χ2v) is 8.54. The molecule has 0 aromatic carbocycles. The van der Waals surface area contributed by atoms with E-state index < -0.39 is 5.79 Å². The highest BCUT2D eigenvalue weighted by Crippen LogP contribution is 2.62. The van der Waals surface area contributed by atoms with Gasteiger partial charge in [0.25, 0.3) is 0 Å². The van der Waals surface area contributed by atoms with E-state index >= 15 is 0 Å². The summed E-state index contributed by atoms with van der Waals surface area (Å²) in [6.45, 7) is 4.85. The SMILES string of the molecule is C[C@@]12CCC[C@H]1C1=C(CC2)[C@@]2(C)C=CC(O)(O)C[C@H]2CC1. The summed E-state index contributed by atoms with van der Waals surface area (Å²) in [7, 11) is 0. The molecule has 0 bridgehead atoms. The van der Waals surface area contributed by atoms with E-state index in [2.05, 4.69) is 19.9 Å². The van der Waals surface area contributed by atoms with E-state index in [1.165, 1.54) is 38.5 Å². The summed E-state index contributed by atoms with van der Waals surface area (Å²) in [4.78, 5) is 0. The van der Waals surface area contributed by atoms with Crippen molar-refractivity contribution in [2.45, 2.75) is 71.0 Å². The van der Waals surface area contributed by atoms with E-state index in [1.54, 1.807) is 17.2 Å². The molecule has 21 heavy (non-hydrogen) atoms. The average molecular weight is 288 g/mol. The van der Waals surface area contributed by atoms with Crippen molar-refractivity contribution in [2.24, 2.45) is 22.7 Å². The molecular formula is C19H28O2. The first-order valence-corrected chi connectivity index (χ1v) is 8.72. The summed E-state index contributed by atoms with van der Waals surface area (Å²) >= 11 is 0. The zero-order valence-electron chi connectivity index (χ0n) is 13.4. The minimum absolute atomic E-state index is 0.0759. The molecule has 116 valence electrons. The Kier molecular flexibility index (Phi) is 2.83. The Bertz CT molecular complexity index is 530. The molecule has 1 saturated carbocycles. The predicted octanol–water partition coefficient (Wildman–Crippen LogP) is 3.94. The molecule has 2 N–H and O–H groups in total. The third-order valence-corrected chi connectivity index (χ3v) is 7.34. The Hall–Kier alpha value is -0.600. The molecule has 0 aromatic rings. The quantitative estimate of drug-likeness (QED) is 0.523. The summed E-state index contributed by atoms with van der Waals surface area (Å²) in [5.41, 5.74) is 4.05. The molecule has 4 atom stereocenters. The van der Waals surface area contributed by atoms with Gasteiger partial charge in [0.1, 0.15) is 0 Å². The van der Waals surface area contributed by atoms with Gasteiger partial charge in [-0.3, -0.25) is 0 Å². The minimum atomic E-state index is -1.58. The zero-order chi connectivity index (χ0) is 14.9. The number of hydrogen-bond acceptors (Lipinski definition) is 2. The Balaban J connectivity index is 1.78. The molecule has 0 saturated heterocycles. The molecule has 4 rings (SSSR count). The van der Waals surface area contributed by atoms with Crippen molar-refractivity contribution < 1.29 is 10.2 Å².